The summed E-state index contributed by atoms with van der Waals surface area (Å²) in [4.78, 5) is 17.0. The van der Waals surface area contributed by atoms with Crippen LogP contribution in [0.5, 0.6) is 17.4 Å². The summed E-state index contributed by atoms with van der Waals surface area (Å²) >= 11 is 5.90. The number of aryl methyl sites for hydroxylation is 1. The van der Waals surface area contributed by atoms with E-state index in [2.05, 4.69) is 20.5 Å². The van der Waals surface area contributed by atoms with E-state index in [1.165, 1.54) is 0 Å². The van der Waals surface area contributed by atoms with Crippen LogP contribution in [-0.2, 0) is 4.79 Å². The third-order valence-electron chi connectivity index (χ3n) is 5.19. The zero-order valence-electron chi connectivity index (χ0n) is 19.2. The fourth-order valence-corrected chi connectivity index (χ4v) is 3.20. The van der Waals surface area contributed by atoms with Gasteiger partial charge < -0.3 is 14.8 Å². The van der Waals surface area contributed by atoms with Crippen LogP contribution in [0.15, 0.2) is 67.0 Å². The third kappa shape index (κ3) is 5.35. The van der Waals surface area contributed by atoms with E-state index < -0.39 is 5.60 Å². The molecule has 8 nitrogen and oxygen atoms in total. The van der Waals surface area contributed by atoms with E-state index >= 15 is 0 Å². The van der Waals surface area contributed by atoms with Crippen molar-refractivity contribution in [1.82, 2.24) is 19.7 Å². The minimum absolute atomic E-state index is 0.289. The first-order valence-corrected chi connectivity index (χ1v) is 11.0. The van der Waals surface area contributed by atoms with Crippen molar-refractivity contribution in [2.45, 2.75) is 33.3 Å². The lowest BCUT2D eigenvalue weighted by atomic mass is 10.1. The second-order valence-corrected chi connectivity index (χ2v) is 8.60. The number of nitrogens with zero attached hydrogens (tertiary/aromatic N) is 4. The Morgan fingerprint density at radius 1 is 0.941 bits per heavy atom. The number of hydrogen-bond donors (Lipinski definition) is 1. The van der Waals surface area contributed by atoms with Crippen LogP contribution in [0.25, 0.3) is 5.82 Å². The molecule has 4 aromatic rings. The zero-order valence-corrected chi connectivity index (χ0v) is 20.0. The summed E-state index contributed by atoms with van der Waals surface area (Å²) in [7, 11) is 0. The maximum absolute atomic E-state index is 12.7. The summed E-state index contributed by atoms with van der Waals surface area (Å²) in [5.41, 5.74) is 1.46. The normalized spacial score (nSPS) is 11.2. The molecule has 0 atom stereocenters. The fraction of sp³-hybridized carbons (Fsp3) is 0.200. The highest BCUT2D eigenvalue weighted by molar-refractivity contribution is 6.30. The van der Waals surface area contributed by atoms with Crippen LogP contribution in [-0.4, -0.2) is 31.3 Å². The quantitative estimate of drug-likeness (QED) is 0.377. The lowest BCUT2D eigenvalue weighted by Crippen LogP contribution is -2.42. The summed E-state index contributed by atoms with van der Waals surface area (Å²) in [6, 6.07) is 17.4. The smallest absolute Gasteiger partial charge is 0.267 e. The molecule has 0 saturated carbocycles. The third-order valence-corrected chi connectivity index (χ3v) is 5.44. The molecule has 0 spiro atoms. The number of aromatic nitrogens is 4. The van der Waals surface area contributed by atoms with E-state index in [0.717, 1.165) is 11.4 Å². The summed E-state index contributed by atoms with van der Waals surface area (Å²) < 4.78 is 13.5. The van der Waals surface area contributed by atoms with Crippen molar-refractivity contribution < 1.29 is 14.3 Å². The fourth-order valence-electron chi connectivity index (χ4n) is 3.08. The van der Waals surface area contributed by atoms with E-state index in [1.54, 1.807) is 74.8 Å². The maximum Gasteiger partial charge on any atom is 0.267 e. The van der Waals surface area contributed by atoms with Crippen LogP contribution >= 0.6 is 11.6 Å². The molecule has 2 heterocycles. The monoisotopic (exact) mass is 477 g/mol. The Labute approximate surface area is 202 Å². The Kier molecular flexibility index (Phi) is 6.51. The van der Waals surface area contributed by atoms with E-state index in [1.807, 2.05) is 24.5 Å². The highest BCUT2D eigenvalue weighted by atomic mass is 35.5. The molecule has 174 valence electrons. The minimum Gasteiger partial charge on any atom is -0.478 e. The summed E-state index contributed by atoms with van der Waals surface area (Å²) in [5, 5.41) is 11.8. The number of amides is 1. The van der Waals surface area contributed by atoms with Crippen LogP contribution in [0.4, 0.5) is 5.69 Å². The molecule has 2 aromatic heterocycles. The van der Waals surface area contributed by atoms with Crippen LogP contribution in [0.3, 0.4) is 0 Å². The number of carbonyl (C=O) groups excluding carboxylic acids is 1. The number of halogens is 1. The Morgan fingerprint density at radius 2 is 1.62 bits per heavy atom. The number of carbonyl (C=O) groups is 1. The van der Waals surface area contributed by atoms with Crippen molar-refractivity contribution in [3.8, 4) is 23.2 Å². The molecule has 0 fully saturated rings. The predicted octanol–water partition coefficient (Wildman–Crippen LogP) is 5.52. The van der Waals surface area contributed by atoms with Gasteiger partial charge in [-0.2, -0.15) is 0 Å². The zero-order chi connectivity index (χ0) is 24.3. The van der Waals surface area contributed by atoms with Crippen molar-refractivity contribution in [3.63, 3.8) is 0 Å². The number of nitrogens with one attached hydrogen (secondary N) is 1. The minimum atomic E-state index is -1.09. The van der Waals surface area contributed by atoms with Gasteiger partial charge >= 0.3 is 0 Å². The number of anilines is 1. The molecule has 0 aliphatic rings. The summed E-state index contributed by atoms with van der Waals surface area (Å²) in [6.07, 6.45) is 1.71. The highest BCUT2D eigenvalue weighted by Gasteiger charge is 2.30. The number of rotatable bonds is 7. The molecule has 0 saturated heterocycles. The van der Waals surface area contributed by atoms with Crippen LogP contribution in [0, 0.1) is 13.8 Å². The van der Waals surface area contributed by atoms with Crippen LogP contribution in [0.1, 0.15) is 25.2 Å². The standard InChI is InChI=1S/C25H24ClN5O3/c1-16-17(2)31(15-27-16)22-13-14-23(30-29-22)33-20-11-7-19(8-12-20)28-24(32)25(3,4)34-21-9-5-18(26)6-10-21/h5-15H,1-4H3,(H,28,32). The average Bonchev–Trinajstić information content (AvgIpc) is 3.15. The van der Waals surface area contributed by atoms with Gasteiger partial charge in [0, 0.05) is 22.5 Å². The van der Waals surface area contributed by atoms with Gasteiger partial charge in [-0.3, -0.25) is 9.36 Å². The topological polar surface area (TPSA) is 91.2 Å². The molecule has 0 aliphatic heterocycles. The van der Waals surface area contributed by atoms with Crippen molar-refractivity contribution >= 4 is 23.2 Å². The molecule has 0 aliphatic carbocycles. The SMILES string of the molecule is Cc1ncn(-c2ccc(Oc3ccc(NC(=O)C(C)(C)Oc4ccc(Cl)cc4)cc3)nn2)c1C. The van der Waals surface area contributed by atoms with Gasteiger partial charge in [0.05, 0.1) is 5.69 Å². The molecule has 1 N–H and O–H groups in total. The Bertz CT molecular complexity index is 1280. The molecule has 34 heavy (non-hydrogen) atoms. The maximum atomic E-state index is 12.7. The van der Waals surface area contributed by atoms with Gasteiger partial charge in [-0.25, -0.2) is 4.98 Å². The molecular formula is C25H24ClN5O3. The highest BCUT2D eigenvalue weighted by Crippen LogP contribution is 2.24. The first-order valence-electron chi connectivity index (χ1n) is 10.6. The van der Waals surface area contributed by atoms with Gasteiger partial charge in [-0.05, 0) is 82.3 Å². The first kappa shape index (κ1) is 23.3. The van der Waals surface area contributed by atoms with E-state index in [-0.39, 0.29) is 5.91 Å². The lowest BCUT2D eigenvalue weighted by molar-refractivity contribution is -0.128. The predicted molar refractivity (Wildman–Crippen MR) is 130 cm³/mol. The van der Waals surface area contributed by atoms with Crippen molar-refractivity contribution in [1.29, 1.82) is 0 Å². The van der Waals surface area contributed by atoms with Crippen LogP contribution < -0.4 is 14.8 Å². The van der Waals surface area contributed by atoms with Crippen molar-refractivity contribution in [2.75, 3.05) is 5.32 Å². The number of benzene rings is 2. The van der Waals surface area contributed by atoms with E-state index in [0.29, 0.717) is 33.9 Å². The van der Waals surface area contributed by atoms with E-state index in [9.17, 15) is 4.79 Å². The van der Waals surface area contributed by atoms with Gasteiger partial charge in [0.1, 0.15) is 17.8 Å². The second kappa shape index (κ2) is 9.52. The molecular weight excluding hydrogens is 454 g/mol. The van der Waals surface area contributed by atoms with Gasteiger partial charge in [0.15, 0.2) is 11.4 Å². The van der Waals surface area contributed by atoms with Gasteiger partial charge in [-0.15, -0.1) is 10.2 Å². The molecule has 2 aromatic carbocycles. The molecule has 4 rings (SSSR count). The molecule has 1 amide bonds. The van der Waals surface area contributed by atoms with Gasteiger partial charge in [0.25, 0.3) is 5.91 Å². The summed E-state index contributed by atoms with van der Waals surface area (Å²) in [6.45, 7) is 7.31. The Hall–Kier alpha value is -3.91. The molecule has 0 bridgehead atoms. The van der Waals surface area contributed by atoms with Crippen molar-refractivity contribution in [2.24, 2.45) is 0 Å². The number of imidazole rings is 1. The average molecular weight is 478 g/mol. The first-order chi connectivity index (χ1) is 16.2. The van der Waals surface area contributed by atoms with Crippen molar-refractivity contribution in [3.05, 3.63) is 83.4 Å². The van der Waals surface area contributed by atoms with Crippen LogP contribution in [0.2, 0.25) is 5.02 Å². The van der Waals surface area contributed by atoms with Gasteiger partial charge in [-0.1, -0.05) is 11.6 Å². The molecule has 9 heteroatoms. The Balaban J connectivity index is 1.36. The molecule has 0 radical (unpaired) electrons. The number of ether oxygens (including phenoxy) is 2. The molecule has 0 unspecified atom stereocenters. The number of hydrogen-bond acceptors (Lipinski definition) is 6. The second-order valence-electron chi connectivity index (χ2n) is 8.16. The van der Waals surface area contributed by atoms with E-state index in [4.69, 9.17) is 21.1 Å². The lowest BCUT2D eigenvalue weighted by Gasteiger charge is -2.25. The summed E-state index contributed by atoms with van der Waals surface area (Å²) in [5.74, 6) is 1.84. The largest absolute Gasteiger partial charge is 0.478 e. The van der Waals surface area contributed by atoms with Gasteiger partial charge in [0.2, 0.25) is 5.88 Å². The Morgan fingerprint density at radius 3 is 2.21 bits per heavy atom.